The summed E-state index contributed by atoms with van der Waals surface area (Å²) < 4.78 is 4.65. The molecule has 2 unspecified atom stereocenters. The van der Waals surface area contributed by atoms with Crippen LogP contribution in [-0.4, -0.2) is 24.2 Å². The molecule has 0 bridgehead atoms. The summed E-state index contributed by atoms with van der Waals surface area (Å²) in [6.07, 6.45) is 0.654. The smallest absolute Gasteiger partial charge is 0.337 e. The van der Waals surface area contributed by atoms with E-state index >= 15 is 0 Å². The zero-order valence-corrected chi connectivity index (χ0v) is 9.77. The Labute approximate surface area is 99.2 Å². The molecule has 1 aromatic carbocycles. The number of esters is 1. The SMILES string of the molecule is COC(=O)c1ccc(C)c(C2CC2C(=O)O)c1. The third kappa shape index (κ3) is 2.16. The topological polar surface area (TPSA) is 63.6 Å². The van der Waals surface area contributed by atoms with Gasteiger partial charge in [0, 0.05) is 0 Å². The molecule has 0 heterocycles. The highest BCUT2D eigenvalue weighted by molar-refractivity contribution is 5.89. The van der Waals surface area contributed by atoms with E-state index in [-0.39, 0.29) is 11.8 Å². The van der Waals surface area contributed by atoms with Crippen molar-refractivity contribution in [2.24, 2.45) is 5.92 Å². The fraction of sp³-hybridized carbons (Fsp3) is 0.385. The standard InChI is InChI=1S/C13H14O4/c1-7-3-4-8(13(16)17-2)5-9(7)10-6-11(10)12(14)15/h3-5,10-11H,6H2,1-2H3,(H,14,15). The highest BCUT2D eigenvalue weighted by Crippen LogP contribution is 2.48. The summed E-state index contributed by atoms with van der Waals surface area (Å²) in [5.41, 5.74) is 2.44. The van der Waals surface area contributed by atoms with E-state index in [1.165, 1.54) is 7.11 Å². The van der Waals surface area contributed by atoms with E-state index in [0.717, 1.165) is 11.1 Å². The number of benzene rings is 1. The van der Waals surface area contributed by atoms with Gasteiger partial charge in [-0.2, -0.15) is 0 Å². The molecule has 0 saturated heterocycles. The molecule has 17 heavy (non-hydrogen) atoms. The van der Waals surface area contributed by atoms with Crippen LogP contribution in [0.5, 0.6) is 0 Å². The third-order valence-corrected chi connectivity index (χ3v) is 3.21. The molecular weight excluding hydrogens is 220 g/mol. The minimum atomic E-state index is -0.766. The van der Waals surface area contributed by atoms with Crippen LogP contribution in [-0.2, 0) is 9.53 Å². The van der Waals surface area contributed by atoms with Crippen LogP contribution < -0.4 is 0 Å². The predicted molar refractivity (Wildman–Crippen MR) is 61.0 cm³/mol. The highest BCUT2D eigenvalue weighted by atomic mass is 16.5. The summed E-state index contributed by atoms with van der Waals surface area (Å²) in [6.45, 7) is 1.92. The second-order valence-corrected chi connectivity index (χ2v) is 4.35. The Balaban J connectivity index is 2.28. The number of aryl methyl sites for hydroxylation is 1. The van der Waals surface area contributed by atoms with Crippen molar-refractivity contribution in [2.75, 3.05) is 7.11 Å². The highest BCUT2D eigenvalue weighted by Gasteiger charge is 2.44. The van der Waals surface area contributed by atoms with Gasteiger partial charge >= 0.3 is 11.9 Å². The number of carboxylic acid groups (broad SMARTS) is 1. The first-order valence-corrected chi connectivity index (χ1v) is 5.46. The first-order valence-electron chi connectivity index (χ1n) is 5.46. The van der Waals surface area contributed by atoms with Crippen molar-refractivity contribution >= 4 is 11.9 Å². The number of ether oxygens (including phenoxy) is 1. The van der Waals surface area contributed by atoms with Crippen LogP contribution in [0.25, 0.3) is 0 Å². The Hall–Kier alpha value is -1.84. The van der Waals surface area contributed by atoms with Crippen molar-refractivity contribution in [3.05, 3.63) is 34.9 Å². The van der Waals surface area contributed by atoms with Crippen LogP contribution in [0, 0.1) is 12.8 Å². The number of aliphatic carboxylic acids is 1. The van der Waals surface area contributed by atoms with Crippen molar-refractivity contribution in [1.82, 2.24) is 0 Å². The van der Waals surface area contributed by atoms with Crippen LogP contribution >= 0.6 is 0 Å². The first kappa shape index (κ1) is 11.6. The molecule has 2 rings (SSSR count). The number of hydrogen-bond acceptors (Lipinski definition) is 3. The van der Waals surface area contributed by atoms with Crippen molar-refractivity contribution in [1.29, 1.82) is 0 Å². The number of rotatable bonds is 3. The van der Waals surface area contributed by atoms with E-state index in [1.807, 2.05) is 13.0 Å². The molecule has 4 heteroatoms. The zero-order chi connectivity index (χ0) is 12.6. The van der Waals surface area contributed by atoms with Crippen LogP contribution in [0.3, 0.4) is 0 Å². The molecule has 1 aliphatic rings. The van der Waals surface area contributed by atoms with Gasteiger partial charge in [0.15, 0.2) is 0 Å². The lowest BCUT2D eigenvalue weighted by atomic mass is 10.00. The average Bonchev–Trinajstić information content (AvgIpc) is 3.08. The number of carbonyl (C=O) groups is 2. The molecule has 1 saturated carbocycles. The summed E-state index contributed by atoms with van der Waals surface area (Å²) >= 11 is 0. The normalized spacial score (nSPS) is 22.0. The molecule has 2 atom stereocenters. The molecule has 0 amide bonds. The summed E-state index contributed by atoms with van der Waals surface area (Å²) in [4.78, 5) is 22.2. The maximum Gasteiger partial charge on any atom is 0.337 e. The van der Waals surface area contributed by atoms with Crippen molar-refractivity contribution < 1.29 is 19.4 Å². The van der Waals surface area contributed by atoms with E-state index in [1.54, 1.807) is 12.1 Å². The minimum absolute atomic E-state index is 0.0390. The Bertz CT molecular complexity index is 478. The van der Waals surface area contributed by atoms with Gasteiger partial charge < -0.3 is 9.84 Å². The molecule has 0 aliphatic heterocycles. The van der Waals surface area contributed by atoms with Crippen LogP contribution in [0.4, 0.5) is 0 Å². The summed E-state index contributed by atoms with van der Waals surface area (Å²) in [5.74, 6) is -1.42. The molecule has 0 radical (unpaired) electrons. The maximum absolute atomic E-state index is 11.4. The summed E-state index contributed by atoms with van der Waals surface area (Å²) in [6, 6.07) is 5.27. The van der Waals surface area contributed by atoms with Crippen LogP contribution in [0.15, 0.2) is 18.2 Å². The van der Waals surface area contributed by atoms with Crippen molar-refractivity contribution in [2.45, 2.75) is 19.3 Å². The quantitative estimate of drug-likeness (QED) is 0.812. The average molecular weight is 234 g/mol. The van der Waals surface area contributed by atoms with E-state index in [2.05, 4.69) is 4.74 Å². The molecule has 1 aliphatic carbocycles. The van der Waals surface area contributed by atoms with Gasteiger partial charge in [0.25, 0.3) is 0 Å². The van der Waals surface area contributed by atoms with Gasteiger partial charge in [0.1, 0.15) is 0 Å². The van der Waals surface area contributed by atoms with Crippen molar-refractivity contribution in [3.63, 3.8) is 0 Å². The monoisotopic (exact) mass is 234 g/mol. The van der Waals surface area contributed by atoms with Crippen LogP contribution in [0.2, 0.25) is 0 Å². The minimum Gasteiger partial charge on any atom is -0.481 e. The van der Waals surface area contributed by atoms with Gasteiger partial charge in [-0.1, -0.05) is 6.07 Å². The molecular formula is C13H14O4. The van der Waals surface area contributed by atoms with E-state index in [0.29, 0.717) is 12.0 Å². The fourth-order valence-electron chi connectivity index (χ4n) is 2.10. The molecule has 1 aromatic rings. The lowest BCUT2D eigenvalue weighted by Gasteiger charge is -2.07. The predicted octanol–water partition coefficient (Wildman–Crippen LogP) is 1.97. The van der Waals surface area contributed by atoms with Crippen molar-refractivity contribution in [3.8, 4) is 0 Å². The Morgan fingerprint density at radius 3 is 2.65 bits per heavy atom. The second kappa shape index (κ2) is 4.20. The molecule has 1 N–H and O–H groups in total. The molecule has 4 nitrogen and oxygen atoms in total. The van der Waals surface area contributed by atoms with E-state index < -0.39 is 11.9 Å². The lowest BCUT2D eigenvalue weighted by molar-refractivity contribution is -0.138. The largest absolute Gasteiger partial charge is 0.481 e. The Morgan fingerprint density at radius 2 is 2.12 bits per heavy atom. The van der Waals surface area contributed by atoms with Gasteiger partial charge in [0.2, 0.25) is 0 Å². The number of carboxylic acids is 1. The number of carbonyl (C=O) groups excluding carboxylic acids is 1. The summed E-state index contributed by atoms with van der Waals surface area (Å²) in [5, 5.41) is 8.91. The van der Waals surface area contributed by atoms with Gasteiger partial charge in [0.05, 0.1) is 18.6 Å². The summed E-state index contributed by atoms with van der Waals surface area (Å²) in [7, 11) is 1.33. The lowest BCUT2D eigenvalue weighted by Crippen LogP contribution is -2.04. The molecule has 90 valence electrons. The molecule has 0 spiro atoms. The van der Waals surface area contributed by atoms with E-state index in [9.17, 15) is 9.59 Å². The third-order valence-electron chi connectivity index (χ3n) is 3.21. The van der Waals surface area contributed by atoms with Crippen LogP contribution in [0.1, 0.15) is 33.8 Å². The molecule has 0 aromatic heterocycles. The Kier molecular flexibility index (Phi) is 2.88. The van der Waals surface area contributed by atoms with E-state index in [4.69, 9.17) is 5.11 Å². The van der Waals surface area contributed by atoms with Gasteiger partial charge in [-0.05, 0) is 42.5 Å². The number of hydrogen-bond donors (Lipinski definition) is 1. The van der Waals surface area contributed by atoms with Gasteiger partial charge in [-0.25, -0.2) is 4.79 Å². The van der Waals surface area contributed by atoms with Gasteiger partial charge in [-0.15, -0.1) is 0 Å². The zero-order valence-electron chi connectivity index (χ0n) is 9.77. The second-order valence-electron chi connectivity index (χ2n) is 4.35. The first-order chi connectivity index (χ1) is 8.04. The van der Waals surface area contributed by atoms with Gasteiger partial charge in [-0.3, -0.25) is 4.79 Å². The maximum atomic E-state index is 11.4. The number of methoxy groups -OCH3 is 1. The fourth-order valence-corrected chi connectivity index (χ4v) is 2.10. The Morgan fingerprint density at radius 1 is 1.41 bits per heavy atom. The molecule has 1 fully saturated rings.